The summed E-state index contributed by atoms with van der Waals surface area (Å²) >= 11 is 5.70. The van der Waals surface area contributed by atoms with E-state index in [1.807, 2.05) is 0 Å². The highest BCUT2D eigenvalue weighted by atomic mass is 35.5. The summed E-state index contributed by atoms with van der Waals surface area (Å²) in [5, 5.41) is 0.556. The highest BCUT2D eigenvalue weighted by Gasteiger charge is 2.21. The van der Waals surface area contributed by atoms with Crippen LogP contribution in [0, 0.1) is 5.41 Å². The molecule has 2 N–H and O–H groups in total. The minimum atomic E-state index is -0.548. The molecule has 2 amide bonds. The Morgan fingerprint density at radius 1 is 1.06 bits per heavy atom. The number of benzene rings is 1. The Hall–Kier alpha value is -1.55. The molecule has 0 aromatic heterocycles. The first-order chi connectivity index (χ1) is 7.80. The zero-order valence-corrected chi connectivity index (χ0v) is 10.8. The van der Waals surface area contributed by atoms with Crippen LogP contribution in [0.25, 0.3) is 0 Å². The van der Waals surface area contributed by atoms with Crippen LogP contribution in [-0.2, 0) is 4.79 Å². The van der Waals surface area contributed by atoms with Crippen LogP contribution in [0.5, 0.6) is 0 Å². The number of hydrazine groups is 1. The van der Waals surface area contributed by atoms with Gasteiger partial charge in [-0.1, -0.05) is 32.4 Å². The first-order valence-electron chi connectivity index (χ1n) is 5.17. The van der Waals surface area contributed by atoms with Gasteiger partial charge in [-0.25, -0.2) is 0 Å². The van der Waals surface area contributed by atoms with Gasteiger partial charge < -0.3 is 0 Å². The molecule has 0 saturated carbocycles. The van der Waals surface area contributed by atoms with Crippen molar-refractivity contribution >= 4 is 23.4 Å². The van der Waals surface area contributed by atoms with Crippen molar-refractivity contribution in [1.82, 2.24) is 10.9 Å². The molecule has 0 spiro atoms. The van der Waals surface area contributed by atoms with Crippen LogP contribution >= 0.6 is 11.6 Å². The molecule has 0 saturated heterocycles. The molecule has 0 aliphatic rings. The Morgan fingerprint density at radius 2 is 1.59 bits per heavy atom. The van der Waals surface area contributed by atoms with Gasteiger partial charge in [0.15, 0.2) is 0 Å². The normalized spacial score (nSPS) is 10.8. The minimum absolute atomic E-state index is 0.250. The molecular weight excluding hydrogens is 240 g/mol. The van der Waals surface area contributed by atoms with E-state index in [1.165, 1.54) is 0 Å². The van der Waals surface area contributed by atoms with E-state index < -0.39 is 5.41 Å². The van der Waals surface area contributed by atoms with Crippen molar-refractivity contribution in [2.75, 3.05) is 0 Å². The molecule has 4 nitrogen and oxygen atoms in total. The lowest BCUT2D eigenvalue weighted by molar-refractivity contribution is -0.129. The van der Waals surface area contributed by atoms with Gasteiger partial charge in [0.2, 0.25) is 5.91 Å². The van der Waals surface area contributed by atoms with E-state index >= 15 is 0 Å². The fourth-order valence-corrected chi connectivity index (χ4v) is 1.10. The Labute approximate surface area is 105 Å². The number of carbonyl (C=O) groups excluding carboxylic acids is 2. The minimum Gasteiger partial charge on any atom is -0.273 e. The van der Waals surface area contributed by atoms with Gasteiger partial charge in [-0.15, -0.1) is 0 Å². The summed E-state index contributed by atoms with van der Waals surface area (Å²) in [7, 11) is 0. The van der Waals surface area contributed by atoms with Crippen LogP contribution in [0.3, 0.4) is 0 Å². The first-order valence-corrected chi connectivity index (χ1v) is 5.55. The lowest BCUT2D eigenvalue weighted by Crippen LogP contribution is -2.46. The molecule has 0 radical (unpaired) electrons. The van der Waals surface area contributed by atoms with E-state index in [0.717, 1.165) is 0 Å². The molecule has 1 aromatic carbocycles. The highest BCUT2D eigenvalue weighted by molar-refractivity contribution is 6.30. The lowest BCUT2D eigenvalue weighted by Gasteiger charge is -2.17. The van der Waals surface area contributed by atoms with Crippen molar-refractivity contribution in [1.29, 1.82) is 0 Å². The molecule has 0 fully saturated rings. The van der Waals surface area contributed by atoms with E-state index in [4.69, 9.17) is 11.6 Å². The summed E-state index contributed by atoms with van der Waals surface area (Å²) in [5.74, 6) is -0.626. The first kappa shape index (κ1) is 13.5. The van der Waals surface area contributed by atoms with Gasteiger partial charge in [-0.05, 0) is 24.3 Å². The maximum atomic E-state index is 11.6. The maximum Gasteiger partial charge on any atom is 0.269 e. The topological polar surface area (TPSA) is 58.2 Å². The molecule has 1 aromatic rings. The van der Waals surface area contributed by atoms with Crippen molar-refractivity contribution in [2.24, 2.45) is 5.41 Å². The third-order valence-corrected chi connectivity index (χ3v) is 2.33. The molecule has 0 bridgehead atoms. The molecule has 1 rings (SSSR count). The van der Waals surface area contributed by atoms with E-state index in [2.05, 4.69) is 10.9 Å². The van der Waals surface area contributed by atoms with Gasteiger partial charge in [0, 0.05) is 16.0 Å². The molecular formula is C12H15ClN2O2. The SMILES string of the molecule is CC(C)(C)C(=O)NNC(=O)c1ccc(Cl)cc1. The summed E-state index contributed by atoms with van der Waals surface area (Å²) in [6, 6.07) is 6.39. The summed E-state index contributed by atoms with van der Waals surface area (Å²) in [6.45, 7) is 5.28. The number of amides is 2. The zero-order chi connectivity index (χ0) is 13.1. The van der Waals surface area contributed by atoms with Gasteiger partial charge in [-0.3, -0.25) is 20.4 Å². The standard InChI is InChI=1S/C12H15ClN2O2/c1-12(2,3)11(17)15-14-10(16)8-4-6-9(13)7-5-8/h4-7H,1-3H3,(H,14,16)(H,15,17). The third kappa shape index (κ3) is 4.07. The predicted molar refractivity (Wildman–Crippen MR) is 66.5 cm³/mol. The van der Waals surface area contributed by atoms with Crippen molar-refractivity contribution in [3.63, 3.8) is 0 Å². The van der Waals surface area contributed by atoms with Gasteiger partial charge in [0.1, 0.15) is 0 Å². The van der Waals surface area contributed by atoms with E-state index in [9.17, 15) is 9.59 Å². The second-order valence-electron chi connectivity index (χ2n) is 4.67. The summed E-state index contributed by atoms with van der Waals surface area (Å²) in [6.07, 6.45) is 0. The van der Waals surface area contributed by atoms with Gasteiger partial charge in [0.05, 0.1) is 0 Å². The van der Waals surface area contributed by atoms with Crippen molar-refractivity contribution < 1.29 is 9.59 Å². The number of halogens is 1. The fourth-order valence-electron chi connectivity index (χ4n) is 0.974. The third-order valence-electron chi connectivity index (χ3n) is 2.08. The van der Waals surface area contributed by atoms with E-state index in [1.54, 1.807) is 45.0 Å². The van der Waals surface area contributed by atoms with Crippen molar-refractivity contribution in [3.05, 3.63) is 34.9 Å². The Balaban J connectivity index is 2.56. The summed E-state index contributed by atoms with van der Waals surface area (Å²) in [4.78, 5) is 23.1. The number of carbonyl (C=O) groups is 2. The monoisotopic (exact) mass is 254 g/mol. The lowest BCUT2D eigenvalue weighted by atomic mass is 9.96. The Morgan fingerprint density at radius 3 is 2.06 bits per heavy atom. The quantitative estimate of drug-likeness (QED) is 0.755. The molecule has 0 atom stereocenters. The summed E-state index contributed by atoms with van der Waals surface area (Å²) < 4.78 is 0. The van der Waals surface area contributed by atoms with Crippen LogP contribution in [0.1, 0.15) is 31.1 Å². The number of nitrogens with one attached hydrogen (secondary N) is 2. The highest BCUT2D eigenvalue weighted by Crippen LogP contribution is 2.12. The zero-order valence-electron chi connectivity index (χ0n) is 10.0. The molecule has 92 valence electrons. The average Bonchev–Trinajstić information content (AvgIpc) is 2.25. The van der Waals surface area contributed by atoms with Gasteiger partial charge in [-0.2, -0.15) is 0 Å². The van der Waals surface area contributed by atoms with Crippen LogP contribution < -0.4 is 10.9 Å². The fraction of sp³-hybridized carbons (Fsp3) is 0.333. The number of rotatable bonds is 1. The largest absolute Gasteiger partial charge is 0.273 e. The van der Waals surface area contributed by atoms with Crippen LogP contribution in [-0.4, -0.2) is 11.8 Å². The molecule has 0 aliphatic carbocycles. The van der Waals surface area contributed by atoms with Gasteiger partial charge >= 0.3 is 0 Å². The number of hydrogen-bond donors (Lipinski definition) is 2. The van der Waals surface area contributed by atoms with Crippen molar-refractivity contribution in [2.45, 2.75) is 20.8 Å². The van der Waals surface area contributed by atoms with Gasteiger partial charge in [0.25, 0.3) is 5.91 Å². The number of hydrogen-bond acceptors (Lipinski definition) is 2. The molecule has 0 aliphatic heterocycles. The molecule has 5 heteroatoms. The average molecular weight is 255 g/mol. The smallest absolute Gasteiger partial charge is 0.269 e. The van der Waals surface area contributed by atoms with Crippen molar-refractivity contribution in [3.8, 4) is 0 Å². The van der Waals surface area contributed by atoms with E-state index in [-0.39, 0.29) is 11.8 Å². The Bertz CT molecular complexity index is 421. The van der Waals surface area contributed by atoms with Crippen LogP contribution in [0.2, 0.25) is 5.02 Å². The maximum absolute atomic E-state index is 11.6. The van der Waals surface area contributed by atoms with E-state index in [0.29, 0.717) is 10.6 Å². The predicted octanol–water partition coefficient (Wildman–Crippen LogP) is 2.15. The summed E-state index contributed by atoms with van der Waals surface area (Å²) in [5.41, 5.74) is 4.59. The Kier molecular flexibility index (Phi) is 4.12. The molecule has 0 unspecified atom stereocenters. The van der Waals surface area contributed by atoms with Crippen LogP contribution in [0.4, 0.5) is 0 Å². The molecule has 0 heterocycles. The molecule has 17 heavy (non-hydrogen) atoms. The second kappa shape index (κ2) is 5.19. The van der Waals surface area contributed by atoms with Crippen LogP contribution in [0.15, 0.2) is 24.3 Å². The second-order valence-corrected chi connectivity index (χ2v) is 5.10.